The Kier molecular flexibility index (Phi) is 6.73. The fourth-order valence-electron chi connectivity index (χ4n) is 2.03. The van der Waals surface area contributed by atoms with Crippen LogP contribution in [0.1, 0.15) is 15.9 Å². The molecule has 7 heteroatoms. The molecule has 0 radical (unpaired) electrons. The summed E-state index contributed by atoms with van der Waals surface area (Å²) < 4.78 is 9.95. The summed E-state index contributed by atoms with van der Waals surface area (Å²) >= 11 is 0. The number of halogens is 1. The van der Waals surface area contributed by atoms with Gasteiger partial charge in [0.15, 0.2) is 5.96 Å². The number of benzene rings is 1. The molecule has 1 aliphatic heterocycles. The summed E-state index contributed by atoms with van der Waals surface area (Å²) in [4.78, 5) is 18.0. The zero-order chi connectivity index (χ0) is 14.5. The van der Waals surface area contributed by atoms with E-state index < -0.39 is 5.97 Å². The summed E-state index contributed by atoms with van der Waals surface area (Å²) in [6.45, 7) is 2.39. The maximum absolute atomic E-state index is 11.6. The standard InChI is InChI=1S/C14H19N3O3.HI/c1-17-7-6-15-14(17)16-9-10-4-5-11(13(18)20-3)12(8-10)19-2;/h4-5,8H,6-7,9H2,1-3H3,(H,15,16);1H. The van der Waals surface area contributed by atoms with Gasteiger partial charge in [-0.25, -0.2) is 4.79 Å². The smallest absolute Gasteiger partial charge is 0.341 e. The van der Waals surface area contributed by atoms with Gasteiger partial charge < -0.3 is 19.7 Å². The zero-order valence-electron chi connectivity index (χ0n) is 12.4. The van der Waals surface area contributed by atoms with Gasteiger partial charge in [0.1, 0.15) is 11.3 Å². The van der Waals surface area contributed by atoms with E-state index in [1.54, 1.807) is 6.07 Å². The van der Waals surface area contributed by atoms with Crippen LogP contribution in [0, 0.1) is 0 Å². The van der Waals surface area contributed by atoms with Crippen molar-refractivity contribution in [2.24, 2.45) is 4.99 Å². The van der Waals surface area contributed by atoms with Crippen LogP contribution in [0.15, 0.2) is 23.2 Å². The van der Waals surface area contributed by atoms with Crippen LogP contribution in [0.5, 0.6) is 5.75 Å². The van der Waals surface area contributed by atoms with Crippen molar-refractivity contribution in [2.75, 3.05) is 34.4 Å². The lowest BCUT2D eigenvalue weighted by Gasteiger charge is -2.16. The third kappa shape index (κ3) is 4.23. The summed E-state index contributed by atoms with van der Waals surface area (Å²) in [6.07, 6.45) is 0. The second-order valence-corrected chi connectivity index (χ2v) is 4.51. The number of rotatable bonds is 4. The van der Waals surface area contributed by atoms with Crippen LogP contribution < -0.4 is 10.1 Å². The van der Waals surface area contributed by atoms with Gasteiger partial charge >= 0.3 is 5.97 Å². The van der Waals surface area contributed by atoms with Crippen LogP contribution >= 0.6 is 24.0 Å². The van der Waals surface area contributed by atoms with E-state index in [-0.39, 0.29) is 24.0 Å². The summed E-state index contributed by atoms with van der Waals surface area (Å²) in [5, 5.41) is 3.27. The molecular weight excluding hydrogens is 385 g/mol. The molecule has 0 saturated carbocycles. The number of esters is 1. The van der Waals surface area contributed by atoms with Crippen molar-refractivity contribution >= 4 is 35.9 Å². The molecular formula is C14H20IN3O3. The number of nitrogens with zero attached hydrogens (tertiary/aromatic N) is 2. The molecule has 0 spiro atoms. The summed E-state index contributed by atoms with van der Waals surface area (Å²) in [6, 6.07) is 5.41. The van der Waals surface area contributed by atoms with E-state index in [9.17, 15) is 4.79 Å². The summed E-state index contributed by atoms with van der Waals surface area (Å²) in [5.41, 5.74) is 1.44. The van der Waals surface area contributed by atoms with Crippen molar-refractivity contribution in [2.45, 2.75) is 6.54 Å². The Morgan fingerprint density at radius 2 is 2.19 bits per heavy atom. The monoisotopic (exact) mass is 405 g/mol. The number of ether oxygens (including phenoxy) is 2. The van der Waals surface area contributed by atoms with Gasteiger partial charge in [-0.2, -0.15) is 0 Å². The largest absolute Gasteiger partial charge is 0.496 e. The van der Waals surface area contributed by atoms with Crippen molar-refractivity contribution in [1.29, 1.82) is 0 Å². The molecule has 2 rings (SSSR count). The molecule has 6 nitrogen and oxygen atoms in total. The van der Waals surface area contributed by atoms with E-state index in [0.717, 1.165) is 24.6 Å². The lowest BCUT2D eigenvalue weighted by Crippen LogP contribution is -2.35. The van der Waals surface area contributed by atoms with Crippen LogP contribution in [0.2, 0.25) is 0 Å². The molecule has 0 atom stereocenters. The van der Waals surface area contributed by atoms with Crippen LogP contribution in [-0.2, 0) is 11.3 Å². The second kappa shape index (κ2) is 8.06. The zero-order valence-corrected chi connectivity index (χ0v) is 14.7. The first-order valence-electron chi connectivity index (χ1n) is 6.40. The van der Waals surface area contributed by atoms with Crippen LogP contribution in [-0.4, -0.2) is 51.2 Å². The topological polar surface area (TPSA) is 63.2 Å². The number of nitrogens with one attached hydrogen (secondary N) is 1. The minimum atomic E-state index is -0.402. The van der Waals surface area contributed by atoms with E-state index in [4.69, 9.17) is 9.47 Å². The van der Waals surface area contributed by atoms with Gasteiger partial charge in [0.25, 0.3) is 0 Å². The van der Waals surface area contributed by atoms with E-state index in [2.05, 4.69) is 15.2 Å². The minimum absolute atomic E-state index is 0. The number of carbonyl (C=O) groups excluding carboxylic acids is 1. The Hall–Kier alpha value is -1.51. The molecule has 116 valence electrons. The van der Waals surface area contributed by atoms with E-state index in [0.29, 0.717) is 17.9 Å². The third-order valence-electron chi connectivity index (χ3n) is 3.18. The van der Waals surface area contributed by atoms with Gasteiger partial charge in [-0.05, 0) is 17.7 Å². The highest BCUT2D eigenvalue weighted by Crippen LogP contribution is 2.21. The predicted molar refractivity (Wildman–Crippen MR) is 91.5 cm³/mol. The number of hydrogen-bond donors (Lipinski definition) is 1. The first-order chi connectivity index (χ1) is 9.65. The number of likely N-dealkylation sites (N-methyl/N-ethyl adjacent to an activating group) is 1. The molecule has 1 aromatic rings. The van der Waals surface area contributed by atoms with Crippen molar-refractivity contribution in [3.63, 3.8) is 0 Å². The van der Waals surface area contributed by atoms with Crippen LogP contribution in [0.4, 0.5) is 0 Å². The number of hydrogen-bond acceptors (Lipinski definition) is 6. The van der Waals surface area contributed by atoms with E-state index in [1.807, 2.05) is 19.2 Å². The molecule has 21 heavy (non-hydrogen) atoms. The number of aliphatic imine (C=N–C) groups is 1. The highest BCUT2D eigenvalue weighted by Gasteiger charge is 2.14. The molecule has 1 N–H and O–H groups in total. The molecule has 0 saturated heterocycles. The highest BCUT2D eigenvalue weighted by molar-refractivity contribution is 14.0. The van der Waals surface area contributed by atoms with Crippen molar-refractivity contribution in [3.8, 4) is 5.75 Å². The quantitative estimate of drug-likeness (QED) is 0.608. The number of methoxy groups -OCH3 is 2. The van der Waals surface area contributed by atoms with Gasteiger partial charge in [0.2, 0.25) is 0 Å². The van der Waals surface area contributed by atoms with Gasteiger partial charge in [-0.1, -0.05) is 6.07 Å². The molecule has 1 heterocycles. The average molecular weight is 405 g/mol. The fraction of sp³-hybridized carbons (Fsp3) is 0.429. The SMILES string of the molecule is COC(=O)c1ccc(CNC2=NCCN2C)cc1OC.I. The fourth-order valence-corrected chi connectivity index (χ4v) is 2.03. The molecule has 0 unspecified atom stereocenters. The van der Waals surface area contributed by atoms with Gasteiger partial charge in [-0.3, -0.25) is 4.99 Å². The van der Waals surface area contributed by atoms with Gasteiger partial charge in [-0.15, -0.1) is 24.0 Å². The highest BCUT2D eigenvalue weighted by atomic mass is 127. The average Bonchev–Trinajstić information content (AvgIpc) is 2.89. The summed E-state index contributed by atoms with van der Waals surface area (Å²) in [7, 11) is 4.89. The molecule has 0 amide bonds. The Labute approximate surface area is 141 Å². The molecule has 0 bridgehead atoms. The molecule has 1 aliphatic rings. The van der Waals surface area contributed by atoms with Crippen molar-refractivity contribution in [3.05, 3.63) is 29.3 Å². The van der Waals surface area contributed by atoms with Crippen LogP contribution in [0.25, 0.3) is 0 Å². The Bertz CT molecular complexity index is 534. The van der Waals surface area contributed by atoms with E-state index >= 15 is 0 Å². The molecule has 0 aliphatic carbocycles. The van der Waals surface area contributed by atoms with E-state index in [1.165, 1.54) is 14.2 Å². The second-order valence-electron chi connectivity index (χ2n) is 4.51. The minimum Gasteiger partial charge on any atom is -0.496 e. The lowest BCUT2D eigenvalue weighted by atomic mass is 10.1. The molecule has 1 aromatic carbocycles. The Balaban J connectivity index is 0.00000220. The first kappa shape index (κ1) is 17.5. The van der Waals surface area contributed by atoms with Crippen molar-refractivity contribution in [1.82, 2.24) is 10.2 Å². The third-order valence-corrected chi connectivity index (χ3v) is 3.18. The van der Waals surface area contributed by atoms with Gasteiger partial charge in [0.05, 0.1) is 20.8 Å². The van der Waals surface area contributed by atoms with Gasteiger partial charge in [0, 0.05) is 20.1 Å². The first-order valence-corrected chi connectivity index (χ1v) is 6.40. The normalized spacial score (nSPS) is 13.3. The number of guanidine groups is 1. The molecule has 0 fully saturated rings. The maximum atomic E-state index is 11.6. The lowest BCUT2D eigenvalue weighted by molar-refractivity contribution is 0.0597. The predicted octanol–water partition coefficient (Wildman–Crippen LogP) is 1.49. The Morgan fingerprint density at radius 1 is 1.43 bits per heavy atom. The summed E-state index contributed by atoms with van der Waals surface area (Å²) in [5.74, 6) is 1.00. The number of carbonyl (C=O) groups is 1. The maximum Gasteiger partial charge on any atom is 0.341 e. The van der Waals surface area contributed by atoms with Crippen LogP contribution in [0.3, 0.4) is 0 Å². The molecule has 0 aromatic heterocycles. The van der Waals surface area contributed by atoms with Crippen molar-refractivity contribution < 1.29 is 14.3 Å². The Morgan fingerprint density at radius 3 is 2.76 bits per heavy atom.